The molecule has 2 fully saturated rings. The van der Waals surface area contributed by atoms with Gasteiger partial charge < -0.3 is 4.74 Å². The Bertz CT molecular complexity index is 615. The summed E-state index contributed by atoms with van der Waals surface area (Å²) < 4.78 is 7.69. The molecule has 24 heavy (non-hydrogen) atoms. The molecule has 2 bridgehead atoms. The van der Waals surface area contributed by atoms with Crippen molar-refractivity contribution in [3.05, 3.63) is 17.5 Å². The molecule has 0 aromatic carbocycles. The number of rotatable bonds is 4. The summed E-state index contributed by atoms with van der Waals surface area (Å²) >= 11 is 0. The first-order valence-electron chi connectivity index (χ1n) is 9.19. The molecule has 0 aliphatic carbocycles. The number of esters is 1. The van der Waals surface area contributed by atoms with Crippen LogP contribution in [0, 0.1) is 12.8 Å². The van der Waals surface area contributed by atoms with Crippen LogP contribution in [0.4, 0.5) is 0 Å². The first-order valence-corrected chi connectivity index (χ1v) is 9.19. The van der Waals surface area contributed by atoms with Crippen molar-refractivity contribution in [2.24, 2.45) is 5.92 Å². The fourth-order valence-corrected chi connectivity index (χ4v) is 4.11. The van der Waals surface area contributed by atoms with Crippen LogP contribution in [-0.4, -0.2) is 38.3 Å². The van der Waals surface area contributed by atoms with Crippen molar-refractivity contribution in [2.45, 2.75) is 91.1 Å². The molecular formula is C19H31N3O2. The highest BCUT2D eigenvalue weighted by Crippen LogP contribution is 2.43. The standard InChI is InChI=1S/C19H31N3O2/c1-12(2)22-11-14(13(3)20-22)10-21-15-7-8-17(21)16(9-15)18(23)24-19(4,5)6/h11-12,15-17H,7-10H2,1-6H3. The van der Waals surface area contributed by atoms with Gasteiger partial charge in [-0.15, -0.1) is 0 Å². The van der Waals surface area contributed by atoms with Crippen LogP contribution < -0.4 is 0 Å². The summed E-state index contributed by atoms with van der Waals surface area (Å²) in [4.78, 5) is 15.1. The summed E-state index contributed by atoms with van der Waals surface area (Å²) in [6.07, 6.45) is 5.41. The molecule has 0 radical (unpaired) electrons. The molecule has 5 nitrogen and oxygen atoms in total. The van der Waals surface area contributed by atoms with Crippen LogP contribution in [0.2, 0.25) is 0 Å². The van der Waals surface area contributed by atoms with Gasteiger partial charge >= 0.3 is 5.97 Å². The van der Waals surface area contributed by atoms with Gasteiger partial charge in [0.15, 0.2) is 0 Å². The van der Waals surface area contributed by atoms with E-state index < -0.39 is 5.60 Å². The van der Waals surface area contributed by atoms with Gasteiger partial charge in [0.25, 0.3) is 0 Å². The van der Waals surface area contributed by atoms with Gasteiger partial charge in [-0.2, -0.15) is 5.10 Å². The Hall–Kier alpha value is -1.36. The zero-order chi connectivity index (χ0) is 17.6. The van der Waals surface area contributed by atoms with Crippen molar-refractivity contribution in [2.75, 3.05) is 0 Å². The van der Waals surface area contributed by atoms with E-state index in [1.54, 1.807) is 0 Å². The molecule has 5 heteroatoms. The lowest BCUT2D eigenvalue weighted by Crippen LogP contribution is -2.36. The number of carbonyl (C=O) groups is 1. The lowest BCUT2D eigenvalue weighted by atomic mass is 9.89. The van der Waals surface area contributed by atoms with E-state index in [1.807, 2.05) is 25.5 Å². The third-order valence-electron chi connectivity index (χ3n) is 5.29. The highest BCUT2D eigenvalue weighted by atomic mass is 16.6. The smallest absolute Gasteiger partial charge is 0.311 e. The summed E-state index contributed by atoms with van der Waals surface area (Å²) in [6, 6.07) is 1.21. The minimum Gasteiger partial charge on any atom is -0.460 e. The topological polar surface area (TPSA) is 47.4 Å². The van der Waals surface area contributed by atoms with Gasteiger partial charge in [-0.3, -0.25) is 14.4 Å². The minimum atomic E-state index is -0.404. The fraction of sp³-hybridized carbons (Fsp3) is 0.789. The highest BCUT2D eigenvalue weighted by Gasteiger charge is 2.50. The average molecular weight is 333 g/mol. The van der Waals surface area contributed by atoms with Crippen LogP contribution in [0.15, 0.2) is 6.20 Å². The van der Waals surface area contributed by atoms with Crippen LogP contribution in [0.25, 0.3) is 0 Å². The van der Waals surface area contributed by atoms with E-state index >= 15 is 0 Å². The summed E-state index contributed by atoms with van der Waals surface area (Å²) in [6.45, 7) is 13.1. The molecule has 3 atom stereocenters. The zero-order valence-corrected chi connectivity index (χ0v) is 15.9. The molecule has 2 saturated heterocycles. The summed E-state index contributed by atoms with van der Waals surface area (Å²) in [7, 11) is 0. The quantitative estimate of drug-likeness (QED) is 0.792. The Morgan fingerprint density at radius 3 is 2.67 bits per heavy atom. The van der Waals surface area contributed by atoms with Crippen molar-refractivity contribution in [1.82, 2.24) is 14.7 Å². The maximum absolute atomic E-state index is 12.5. The number of aromatic nitrogens is 2. The van der Waals surface area contributed by atoms with Crippen LogP contribution in [0.3, 0.4) is 0 Å². The first kappa shape index (κ1) is 17.5. The number of ether oxygens (including phenoxy) is 1. The monoisotopic (exact) mass is 333 g/mol. The lowest BCUT2D eigenvalue weighted by molar-refractivity contribution is -0.161. The molecule has 2 aliphatic heterocycles. The van der Waals surface area contributed by atoms with E-state index in [4.69, 9.17) is 4.74 Å². The van der Waals surface area contributed by atoms with Crippen molar-refractivity contribution in [3.8, 4) is 0 Å². The molecule has 0 spiro atoms. The van der Waals surface area contributed by atoms with Crippen molar-refractivity contribution < 1.29 is 9.53 Å². The molecule has 0 N–H and O–H groups in total. The van der Waals surface area contributed by atoms with E-state index in [-0.39, 0.29) is 11.9 Å². The van der Waals surface area contributed by atoms with Crippen LogP contribution in [0.5, 0.6) is 0 Å². The predicted molar refractivity (Wildman–Crippen MR) is 93.7 cm³/mol. The maximum Gasteiger partial charge on any atom is 0.311 e. The molecular weight excluding hydrogens is 302 g/mol. The minimum absolute atomic E-state index is 0.0192. The maximum atomic E-state index is 12.5. The van der Waals surface area contributed by atoms with Gasteiger partial charge in [0.05, 0.1) is 11.6 Å². The first-order chi connectivity index (χ1) is 11.2. The molecule has 1 aromatic heterocycles. The van der Waals surface area contributed by atoms with E-state index in [2.05, 4.69) is 37.0 Å². The Labute approximate surface area is 145 Å². The molecule has 0 saturated carbocycles. The highest BCUT2D eigenvalue weighted by molar-refractivity contribution is 5.74. The normalized spacial score (nSPS) is 27.2. The van der Waals surface area contributed by atoms with Gasteiger partial charge in [-0.05, 0) is 60.8 Å². The summed E-state index contributed by atoms with van der Waals surface area (Å²) in [5.74, 6) is 0.0118. The van der Waals surface area contributed by atoms with Crippen LogP contribution >= 0.6 is 0 Å². The molecule has 3 rings (SSSR count). The van der Waals surface area contributed by atoms with E-state index in [0.29, 0.717) is 18.1 Å². The SMILES string of the molecule is Cc1nn(C(C)C)cc1CN1C2CCC1C(C(=O)OC(C)(C)C)C2. The Morgan fingerprint density at radius 2 is 2.08 bits per heavy atom. The van der Waals surface area contributed by atoms with Crippen LogP contribution in [-0.2, 0) is 16.1 Å². The second kappa shape index (κ2) is 6.17. The molecule has 1 aromatic rings. The fourth-order valence-electron chi connectivity index (χ4n) is 4.11. The number of hydrogen-bond donors (Lipinski definition) is 0. The summed E-state index contributed by atoms with van der Waals surface area (Å²) in [5, 5.41) is 4.62. The zero-order valence-electron chi connectivity index (χ0n) is 15.9. The molecule has 3 unspecified atom stereocenters. The molecule has 0 amide bonds. The lowest BCUT2D eigenvalue weighted by Gasteiger charge is -2.26. The average Bonchev–Trinajstić information content (AvgIpc) is 3.12. The number of carbonyl (C=O) groups excluding carboxylic acids is 1. The molecule has 2 aliphatic rings. The van der Waals surface area contributed by atoms with E-state index in [1.165, 1.54) is 12.0 Å². The predicted octanol–water partition coefficient (Wildman–Crippen LogP) is 3.47. The largest absolute Gasteiger partial charge is 0.460 e. The number of aryl methyl sites for hydroxylation is 1. The Balaban J connectivity index is 1.71. The second-order valence-electron chi connectivity index (χ2n) is 8.66. The molecule has 3 heterocycles. The van der Waals surface area contributed by atoms with Crippen molar-refractivity contribution in [1.29, 1.82) is 0 Å². The van der Waals surface area contributed by atoms with Gasteiger partial charge in [-0.1, -0.05) is 0 Å². The summed E-state index contributed by atoms with van der Waals surface area (Å²) in [5.41, 5.74) is 1.98. The van der Waals surface area contributed by atoms with Gasteiger partial charge in [-0.25, -0.2) is 0 Å². The Kier molecular flexibility index (Phi) is 4.49. The molecule has 134 valence electrons. The number of nitrogens with zero attached hydrogens (tertiary/aromatic N) is 3. The van der Waals surface area contributed by atoms with E-state index in [0.717, 1.165) is 25.1 Å². The number of fused-ring (bicyclic) bond motifs is 2. The Morgan fingerprint density at radius 1 is 1.38 bits per heavy atom. The third kappa shape index (κ3) is 3.37. The van der Waals surface area contributed by atoms with Gasteiger partial charge in [0.1, 0.15) is 5.60 Å². The van der Waals surface area contributed by atoms with Crippen LogP contribution in [0.1, 0.15) is 71.2 Å². The van der Waals surface area contributed by atoms with Gasteiger partial charge in [0, 0.05) is 36.4 Å². The van der Waals surface area contributed by atoms with Gasteiger partial charge in [0.2, 0.25) is 0 Å². The van der Waals surface area contributed by atoms with E-state index in [9.17, 15) is 4.79 Å². The third-order valence-corrected chi connectivity index (χ3v) is 5.29. The second-order valence-corrected chi connectivity index (χ2v) is 8.66. The van der Waals surface area contributed by atoms with Crippen molar-refractivity contribution >= 4 is 5.97 Å². The number of hydrogen-bond acceptors (Lipinski definition) is 4. The van der Waals surface area contributed by atoms with Crippen molar-refractivity contribution in [3.63, 3.8) is 0 Å².